The fraction of sp³-hybridized carbons (Fsp3) is 0.615. The number of anilines is 1. The Balaban J connectivity index is 2.21. The number of hydrogen-bond acceptors (Lipinski definition) is 3. The highest BCUT2D eigenvalue weighted by molar-refractivity contribution is 5.42. The van der Waals surface area contributed by atoms with Crippen molar-refractivity contribution in [3.05, 3.63) is 23.9 Å². The molecule has 16 heavy (non-hydrogen) atoms. The average Bonchev–Trinajstić information content (AvgIpc) is 2.30. The molecule has 0 amide bonds. The van der Waals surface area contributed by atoms with Crippen LogP contribution in [0, 0.1) is 0 Å². The van der Waals surface area contributed by atoms with Gasteiger partial charge in [-0.3, -0.25) is 0 Å². The lowest BCUT2D eigenvalue weighted by Crippen LogP contribution is -2.38. The van der Waals surface area contributed by atoms with Gasteiger partial charge in [-0.2, -0.15) is 0 Å². The Bertz CT molecular complexity index is 352. The zero-order chi connectivity index (χ0) is 11.5. The van der Waals surface area contributed by atoms with Crippen LogP contribution in [0.5, 0.6) is 0 Å². The van der Waals surface area contributed by atoms with Crippen molar-refractivity contribution in [2.45, 2.75) is 45.3 Å². The first kappa shape index (κ1) is 11.4. The van der Waals surface area contributed by atoms with E-state index in [-0.39, 0.29) is 0 Å². The maximum atomic E-state index is 9.57. The van der Waals surface area contributed by atoms with Crippen LogP contribution in [0.15, 0.2) is 18.3 Å². The molecule has 0 radical (unpaired) electrons. The first-order valence-corrected chi connectivity index (χ1v) is 6.09. The molecule has 0 aliphatic carbocycles. The number of pyridine rings is 1. The number of aliphatic hydroxyl groups is 1. The van der Waals surface area contributed by atoms with Crippen LogP contribution in [-0.4, -0.2) is 22.7 Å². The summed E-state index contributed by atoms with van der Waals surface area (Å²) in [6.45, 7) is 5.12. The van der Waals surface area contributed by atoms with Crippen LogP contribution in [0.1, 0.15) is 44.8 Å². The summed E-state index contributed by atoms with van der Waals surface area (Å²) in [6, 6.07) is 4.44. The van der Waals surface area contributed by atoms with Crippen molar-refractivity contribution in [3.8, 4) is 0 Å². The molecule has 0 aromatic carbocycles. The zero-order valence-corrected chi connectivity index (χ0v) is 10.1. The van der Waals surface area contributed by atoms with Crippen LogP contribution in [-0.2, 0) is 0 Å². The summed E-state index contributed by atoms with van der Waals surface area (Å²) < 4.78 is 0. The van der Waals surface area contributed by atoms with Crippen molar-refractivity contribution >= 4 is 5.82 Å². The van der Waals surface area contributed by atoms with Crippen LogP contribution < -0.4 is 4.90 Å². The minimum atomic E-state index is -0.415. The van der Waals surface area contributed by atoms with E-state index in [0.29, 0.717) is 6.04 Å². The van der Waals surface area contributed by atoms with Crippen LogP contribution in [0.2, 0.25) is 0 Å². The molecule has 1 aromatic rings. The summed E-state index contributed by atoms with van der Waals surface area (Å²) in [5.74, 6) is 1.01. The van der Waals surface area contributed by atoms with E-state index in [1.165, 1.54) is 19.3 Å². The molecule has 0 saturated carbocycles. The van der Waals surface area contributed by atoms with Gasteiger partial charge in [-0.15, -0.1) is 0 Å². The molecule has 1 aliphatic heterocycles. The molecule has 2 heterocycles. The average molecular weight is 220 g/mol. The molecule has 2 rings (SSSR count). The minimum Gasteiger partial charge on any atom is -0.389 e. The van der Waals surface area contributed by atoms with Gasteiger partial charge in [-0.25, -0.2) is 4.98 Å². The molecule has 3 nitrogen and oxygen atoms in total. The lowest BCUT2D eigenvalue weighted by atomic mass is 10.0. The highest BCUT2D eigenvalue weighted by Crippen LogP contribution is 2.24. The summed E-state index contributed by atoms with van der Waals surface area (Å²) in [7, 11) is 0. The van der Waals surface area contributed by atoms with Gasteiger partial charge in [0.2, 0.25) is 0 Å². The van der Waals surface area contributed by atoms with Gasteiger partial charge in [-0.1, -0.05) is 0 Å². The highest BCUT2D eigenvalue weighted by Gasteiger charge is 2.19. The van der Waals surface area contributed by atoms with Crippen molar-refractivity contribution < 1.29 is 5.11 Å². The molecule has 2 atom stereocenters. The Morgan fingerprint density at radius 1 is 1.50 bits per heavy atom. The summed E-state index contributed by atoms with van der Waals surface area (Å²) >= 11 is 0. The SMILES string of the molecule is CC(O)c1ccnc(N2CCCCC2C)c1. The van der Waals surface area contributed by atoms with Crippen molar-refractivity contribution in [2.75, 3.05) is 11.4 Å². The Kier molecular flexibility index (Phi) is 3.44. The van der Waals surface area contributed by atoms with Gasteiger partial charge in [-0.05, 0) is 50.8 Å². The molecule has 88 valence electrons. The standard InChI is InChI=1S/C13H20N2O/c1-10-5-3-4-8-15(10)13-9-12(11(2)16)6-7-14-13/h6-7,9-11,16H,3-5,8H2,1-2H3. The van der Waals surface area contributed by atoms with E-state index in [2.05, 4.69) is 16.8 Å². The van der Waals surface area contributed by atoms with E-state index < -0.39 is 6.10 Å². The predicted molar refractivity (Wildman–Crippen MR) is 65.5 cm³/mol. The first-order valence-electron chi connectivity index (χ1n) is 6.09. The minimum absolute atomic E-state index is 0.415. The van der Waals surface area contributed by atoms with Crippen molar-refractivity contribution in [2.24, 2.45) is 0 Å². The van der Waals surface area contributed by atoms with E-state index in [0.717, 1.165) is 17.9 Å². The quantitative estimate of drug-likeness (QED) is 0.832. The molecule has 2 unspecified atom stereocenters. The predicted octanol–water partition coefficient (Wildman–Crippen LogP) is 2.51. The third kappa shape index (κ3) is 2.35. The molecule has 1 saturated heterocycles. The van der Waals surface area contributed by atoms with E-state index in [1.54, 1.807) is 13.1 Å². The van der Waals surface area contributed by atoms with E-state index in [9.17, 15) is 5.11 Å². The second-order valence-electron chi connectivity index (χ2n) is 4.66. The van der Waals surface area contributed by atoms with Gasteiger partial charge in [0.05, 0.1) is 6.10 Å². The lowest BCUT2D eigenvalue weighted by Gasteiger charge is -2.34. The van der Waals surface area contributed by atoms with Crippen LogP contribution in [0.3, 0.4) is 0 Å². The first-order chi connectivity index (χ1) is 7.68. The number of aromatic nitrogens is 1. The van der Waals surface area contributed by atoms with Crippen LogP contribution in [0.25, 0.3) is 0 Å². The Morgan fingerprint density at radius 2 is 2.31 bits per heavy atom. The van der Waals surface area contributed by atoms with Crippen molar-refractivity contribution in [1.82, 2.24) is 4.98 Å². The van der Waals surface area contributed by atoms with Crippen LogP contribution in [0.4, 0.5) is 5.82 Å². The van der Waals surface area contributed by atoms with Gasteiger partial charge in [0.1, 0.15) is 5.82 Å². The Labute approximate surface area is 97.1 Å². The van der Waals surface area contributed by atoms with Gasteiger partial charge < -0.3 is 10.0 Å². The van der Waals surface area contributed by atoms with Crippen molar-refractivity contribution in [3.63, 3.8) is 0 Å². The van der Waals surface area contributed by atoms with Crippen LogP contribution >= 0.6 is 0 Å². The molecule has 1 aromatic heterocycles. The monoisotopic (exact) mass is 220 g/mol. The summed E-state index contributed by atoms with van der Waals surface area (Å²) in [6.07, 6.45) is 5.17. The molecular formula is C13H20N2O. The summed E-state index contributed by atoms with van der Waals surface area (Å²) in [4.78, 5) is 6.75. The van der Waals surface area contributed by atoms with E-state index in [4.69, 9.17) is 0 Å². The number of piperidine rings is 1. The largest absolute Gasteiger partial charge is 0.389 e. The third-order valence-electron chi connectivity index (χ3n) is 3.35. The van der Waals surface area contributed by atoms with Gasteiger partial charge in [0, 0.05) is 18.8 Å². The number of aliphatic hydroxyl groups excluding tert-OH is 1. The van der Waals surface area contributed by atoms with Gasteiger partial charge >= 0.3 is 0 Å². The van der Waals surface area contributed by atoms with E-state index in [1.807, 2.05) is 12.1 Å². The highest BCUT2D eigenvalue weighted by atomic mass is 16.3. The maximum Gasteiger partial charge on any atom is 0.129 e. The zero-order valence-electron chi connectivity index (χ0n) is 10.1. The van der Waals surface area contributed by atoms with E-state index >= 15 is 0 Å². The fourth-order valence-corrected chi connectivity index (χ4v) is 2.29. The molecule has 1 N–H and O–H groups in total. The smallest absolute Gasteiger partial charge is 0.129 e. The molecule has 3 heteroatoms. The second kappa shape index (κ2) is 4.83. The van der Waals surface area contributed by atoms with Gasteiger partial charge in [0.15, 0.2) is 0 Å². The number of rotatable bonds is 2. The topological polar surface area (TPSA) is 36.4 Å². The second-order valence-corrected chi connectivity index (χ2v) is 4.66. The number of hydrogen-bond donors (Lipinski definition) is 1. The van der Waals surface area contributed by atoms with Gasteiger partial charge in [0.25, 0.3) is 0 Å². The molecule has 0 bridgehead atoms. The Morgan fingerprint density at radius 3 is 3.00 bits per heavy atom. The molecular weight excluding hydrogens is 200 g/mol. The molecule has 0 spiro atoms. The van der Waals surface area contributed by atoms with Crippen molar-refractivity contribution in [1.29, 1.82) is 0 Å². The lowest BCUT2D eigenvalue weighted by molar-refractivity contribution is 0.199. The fourth-order valence-electron chi connectivity index (χ4n) is 2.29. The maximum absolute atomic E-state index is 9.57. The molecule has 1 aliphatic rings. The summed E-state index contributed by atoms with van der Waals surface area (Å²) in [5.41, 5.74) is 0.947. The summed E-state index contributed by atoms with van der Waals surface area (Å²) in [5, 5.41) is 9.57. The molecule has 1 fully saturated rings. The number of nitrogens with zero attached hydrogens (tertiary/aromatic N) is 2. The Hall–Kier alpha value is -1.09. The third-order valence-corrected chi connectivity index (χ3v) is 3.35. The normalized spacial score (nSPS) is 23.2.